The Labute approximate surface area is 121 Å². The Bertz CT molecular complexity index is 271. The molecule has 19 heavy (non-hydrogen) atoms. The summed E-state index contributed by atoms with van der Waals surface area (Å²) in [6.45, 7) is 14.1. The molecule has 1 aliphatic rings. The van der Waals surface area contributed by atoms with Crippen LogP contribution in [0, 0.1) is 23.2 Å². The van der Waals surface area contributed by atoms with E-state index in [9.17, 15) is 0 Å². The third-order valence-electron chi connectivity index (χ3n) is 5.74. The van der Waals surface area contributed by atoms with Crippen LogP contribution in [0.25, 0.3) is 0 Å². The molecule has 1 nitrogen and oxygen atoms in total. The Morgan fingerprint density at radius 3 is 2.21 bits per heavy atom. The van der Waals surface area contributed by atoms with Crippen LogP contribution in [0.3, 0.4) is 0 Å². The molecule has 0 spiro atoms. The molecular formula is C18H35N. The highest BCUT2D eigenvalue weighted by molar-refractivity contribution is 5.61. The Kier molecular flexibility index (Phi) is 6.56. The van der Waals surface area contributed by atoms with E-state index in [2.05, 4.69) is 47.8 Å². The number of nitrogens with zero attached hydrogens (tertiary/aromatic N) is 1. The molecule has 112 valence electrons. The Balaban J connectivity index is 2.36. The fourth-order valence-electron chi connectivity index (χ4n) is 3.06. The normalized spacial score (nSPS) is 27.3. The lowest BCUT2D eigenvalue weighted by molar-refractivity contribution is 0.213. The maximum absolute atomic E-state index is 4.81. The molecule has 0 aliphatic heterocycles. The van der Waals surface area contributed by atoms with E-state index >= 15 is 0 Å². The summed E-state index contributed by atoms with van der Waals surface area (Å²) >= 11 is 0. The van der Waals surface area contributed by atoms with Gasteiger partial charge in [0.15, 0.2) is 0 Å². The van der Waals surface area contributed by atoms with Gasteiger partial charge < -0.3 is 0 Å². The third kappa shape index (κ3) is 4.93. The van der Waals surface area contributed by atoms with Crippen LogP contribution in [0.2, 0.25) is 0 Å². The van der Waals surface area contributed by atoms with Gasteiger partial charge >= 0.3 is 0 Å². The van der Waals surface area contributed by atoms with Gasteiger partial charge in [-0.05, 0) is 42.4 Å². The molecule has 0 heterocycles. The third-order valence-corrected chi connectivity index (χ3v) is 5.74. The summed E-state index contributed by atoms with van der Waals surface area (Å²) in [5, 5.41) is 0. The van der Waals surface area contributed by atoms with Gasteiger partial charge in [-0.1, -0.05) is 60.8 Å². The first-order valence-corrected chi connectivity index (χ1v) is 8.47. The molecule has 1 rings (SSSR count). The van der Waals surface area contributed by atoms with E-state index in [0.29, 0.717) is 17.4 Å². The molecule has 0 amide bonds. The van der Waals surface area contributed by atoms with Crippen molar-refractivity contribution >= 4 is 6.21 Å². The van der Waals surface area contributed by atoms with Crippen molar-refractivity contribution in [2.24, 2.45) is 28.2 Å². The quantitative estimate of drug-likeness (QED) is 0.497. The van der Waals surface area contributed by atoms with Gasteiger partial charge in [0, 0.05) is 6.21 Å². The van der Waals surface area contributed by atoms with Crippen LogP contribution >= 0.6 is 0 Å². The van der Waals surface area contributed by atoms with Gasteiger partial charge in [0.1, 0.15) is 0 Å². The zero-order chi connectivity index (χ0) is 14.5. The van der Waals surface area contributed by atoms with Crippen molar-refractivity contribution in [1.29, 1.82) is 0 Å². The highest BCUT2D eigenvalue weighted by Gasteiger charge is 2.27. The summed E-state index contributed by atoms with van der Waals surface area (Å²) in [5.74, 6) is 2.33. The van der Waals surface area contributed by atoms with Crippen molar-refractivity contribution in [3.63, 3.8) is 0 Å². The molecule has 0 bridgehead atoms. The minimum atomic E-state index is 0.519. The van der Waals surface area contributed by atoms with Gasteiger partial charge in [-0.25, -0.2) is 0 Å². The largest absolute Gasteiger partial charge is 0.294 e. The summed E-state index contributed by atoms with van der Waals surface area (Å²) in [6, 6.07) is 0.642. The lowest BCUT2D eigenvalue weighted by Crippen LogP contribution is -2.27. The van der Waals surface area contributed by atoms with Crippen LogP contribution in [-0.4, -0.2) is 12.3 Å². The average Bonchev–Trinajstić information content (AvgIpc) is 2.36. The molecule has 2 unspecified atom stereocenters. The fraction of sp³-hybridized carbons (Fsp3) is 0.944. The first kappa shape index (κ1) is 16.7. The van der Waals surface area contributed by atoms with Crippen LogP contribution in [0.15, 0.2) is 4.99 Å². The van der Waals surface area contributed by atoms with Gasteiger partial charge in [0.25, 0.3) is 0 Å². The zero-order valence-electron chi connectivity index (χ0n) is 14.1. The summed E-state index contributed by atoms with van der Waals surface area (Å²) in [5.41, 5.74) is 0.519. The van der Waals surface area contributed by atoms with Gasteiger partial charge in [0.2, 0.25) is 0 Å². The molecule has 2 atom stereocenters. The average molecular weight is 265 g/mol. The number of rotatable bonds is 8. The van der Waals surface area contributed by atoms with Crippen molar-refractivity contribution in [2.75, 3.05) is 0 Å². The van der Waals surface area contributed by atoms with Crippen molar-refractivity contribution in [2.45, 2.75) is 86.1 Å². The first-order valence-electron chi connectivity index (χ1n) is 8.47. The van der Waals surface area contributed by atoms with Gasteiger partial charge in [-0.15, -0.1) is 0 Å². The number of aliphatic imine (C=N–C) groups is 1. The molecule has 1 aliphatic carbocycles. The topological polar surface area (TPSA) is 12.4 Å². The van der Waals surface area contributed by atoms with E-state index in [0.717, 1.165) is 11.8 Å². The van der Waals surface area contributed by atoms with Crippen LogP contribution in [0.1, 0.15) is 80.1 Å². The summed E-state index contributed by atoms with van der Waals surface area (Å²) in [6.07, 6.45) is 10.2. The molecule has 0 radical (unpaired) electrons. The highest BCUT2D eigenvalue weighted by Crippen LogP contribution is 2.36. The minimum Gasteiger partial charge on any atom is -0.294 e. The molecule has 0 aromatic carbocycles. The van der Waals surface area contributed by atoms with Crippen LogP contribution in [-0.2, 0) is 0 Å². The molecule has 1 saturated carbocycles. The zero-order valence-corrected chi connectivity index (χ0v) is 14.1. The molecule has 1 heteroatoms. The van der Waals surface area contributed by atoms with E-state index in [-0.39, 0.29) is 0 Å². The van der Waals surface area contributed by atoms with E-state index in [1.807, 2.05) is 0 Å². The lowest BCUT2D eigenvalue weighted by atomic mass is 9.74. The maximum atomic E-state index is 4.81. The fourth-order valence-corrected chi connectivity index (χ4v) is 3.06. The van der Waals surface area contributed by atoms with Crippen molar-refractivity contribution < 1.29 is 0 Å². The van der Waals surface area contributed by atoms with E-state index in [1.54, 1.807) is 0 Å². The van der Waals surface area contributed by atoms with E-state index < -0.39 is 0 Å². The first-order chi connectivity index (χ1) is 8.94. The van der Waals surface area contributed by atoms with E-state index in [1.165, 1.54) is 38.5 Å². The molecule has 0 saturated heterocycles. The lowest BCUT2D eigenvalue weighted by Gasteiger charge is -2.33. The highest BCUT2D eigenvalue weighted by atomic mass is 14.8. The minimum absolute atomic E-state index is 0.519. The molecule has 1 fully saturated rings. The van der Waals surface area contributed by atoms with Crippen molar-refractivity contribution in [3.05, 3.63) is 0 Å². The Morgan fingerprint density at radius 2 is 1.74 bits per heavy atom. The molecule has 0 aromatic rings. The number of hydrogen-bond acceptors (Lipinski definition) is 1. The summed E-state index contributed by atoms with van der Waals surface area (Å²) in [4.78, 5) is 4.81. The number of hydrogen-bond donors (Lipinski definition) is 0. The smallest absolute Gasteiger partial charge is 0.0501 e. The van der Waals surface area contributed by atoms with Crippen LogP contribution < -0.4 is 0 Å². The Morgan fingerprint density at radius 1 is 1.16 bits per heavy atom. The second-order valence-electron chi connectivity index (χ2n) is 7.26. The summed E-state index contributed by atoms with van der Waals surface area (Å²) < 4.78 is 0. The molecule has 0 aromatic heterocycles. The van der Waals surface area contributed by atoms with Crippen molar-refractivity contribution in [1.82, 2.24) is 0 Å². The van der Waals surface area contributed by atoms with Crippen LogP contribution in [0.4, 0.5) is 0 Å². The predicted octanol–water partition coefficient (Wildman–Crippen LogP) is 5.73. The molecular weight excluding hydrogens is 230 g/mol. The molecule has 0 N–H and O–H groups in total. The SMILES string of the molecule is CCC1CC(N=CC(C)C(C)CC(C)(CC)CC)C1. The van der Waals surface area contributed by atoms with Gasteiger partial charge in [0.05, 0.1) is 6.04 Å². The maximum Gasteiger partial charge on any atom is 0.0501 e. The predicted molar refractivity (Wildman–Crippen MR) is 86.9 cm³/mol. The summed E-state index contributed by atoms with van der Waals surface area (Å²) in [7, 11) is 0. The Hall–Kier alpha value is -0.330. The van der Waals surface area contributed by atoms with Gasteiger partial charge in [-0.2, -0.15) is 0 Å². The van der Waals surface area contributed by atoms with Gasteiger partial charge in [-0.3, -0.25) is 4.99 Å². The monoisotopic (exact) mass is 265 g/mol. The standard InChI is InChI=1S/C18H35N/c1-7-16-10-17(11-16)19-13-15(5)14(4)12-18(6,8-2)9-3/h13-17H,7-12H2,1-6H3. The second-order valence-corrected chi connectivity index (χ2v) is 7.26. The van der Waals surface area contributed by atoms with Crippen LogP contribution in [0.5, 0.6) is 0 Å². The second kappa shape index (κ2) is 7.45. The van der Waals surface area contributed by atoms with E-state index in [4.69, 9.17) is 4.99 Å². The van der Waals surface area contributed by atoms with Crippen molar-refractivity contribution in [3.8, 4) is 0 Å².